The van der Waals surface area contributed by atoms with Crippen LogP contribution in [0.15, 0.2) is 18.3 Å². The molecule has 0 amide bonds. The largest absolute Gasteiger partial charge is 0.384 e. The minimum atomic E-state index is 0.647. The van der Waals surface area contributed by atoms with Crippen LogP contribution in [0.3, 0.4) is 0 Å². The van der Waals surface area contributed by atoms with Crippen molar-refractivity contribution in [2.45, 2.75) is 38.5 Å². The van der Waals surface area contributed by atoms with Crippen LogP contribution in [0.25, 0.3) is 0 Å². The first kappa shape index (κ1) is 9.50. The molecule has 1 fully saturated rings. The van der Waals surface area contributed by atoms with E-state index in [1.165, 1.54) is 37.7 Å². The zero-order chi connectivity index (χ0) is 9.80. The second kappa shape index (κ2) is 4.45. The number of rotatable bonds is 3. The number of anilines is 1. The molecule has 0 saturated heterocycles. The number of nitrogens with two attached hydrogens (primary N) is 1. The van der Waals surface area contributed by atoms with Crippen LogP contribution in [-0.4, -0.2) is 4.98 Å². The molecule has 1 heterocycles. The van der Waals surface area contributed by atoms with Gasteiger partial charge in [-0.2, -0.15) is 0 Å². The third kappa shape index (κ3) is 2.47. The Morgan fingerprint density at radius 2 is 2.14 bits per heavy atom. The Balaban J connectivity index is 1.85. The molecule has 2 rings (SSSR count). The maximum absolute atomic E-state index is 5.63. The Bertz CT molecular complexity index is 290. The van der Waals surface area contributed by atoms with Crippen molar-refractivity contribution in [3.05, 3.63) is 23.9 Å². The topological polar surface area (TPSA) is 38.9 Å². The van der Waals surface area contributed by atoms with Gasteiger partial charge in [-0.05, 0) is 36.5 Å². The van der Waals surface area contributed by atoms with E-state index in [1.54, 1.807) is 6.20 Å². The van der Waals surface area contributed by atoms with Gasteiger partial charge < -0.3 is 5.73 Å². The van der Waals surface area contributed by atoms with Gasteiger partial charge in [-0.25, -0.2) is 4.98 Å². The Morgan fingerprint density at radius 3 is 2.86 bits per heavy atom. The fraction of sp³-hybridized carbons (Fsp3) is 0.583. The zero-order valence-electron chi connectivity index (χ0n) is 8.58. The number of pyridine rings is 1. The minimum Gasteiger partial charge on any atom is -0.384 e. The first-order chi connectivity index (χ1) is 6.84. The zero-order valence-corrected chi connectivity index (χ0v) is 8.58. The summed E-state index contributed by atoms with van der Waals surface area (Å²) in [6.07, 6.45) is 10.0. The molecule has 0 radical (unpaired) electrons. The van der Waals surface area contributed by atoms with Gasteiger partial charge in [0, 0.05) is 6.20 Å². The van der Waals surface area contributed by atoms with Gasteiger partial charge in [0.25, 0.3) is 0 Å². The molecule has 0 atom stereocenters. The average molecular weight is 190 g/mol. The van der Waals surface area contributed by atoms with E-state index in [0.29, 0.717) is 5.82 Å². The summed E-state index contributed by atoms with van der Waals surface area (Å²) in [5.41, 5.74) is 6.97. The highest BCUT2D eigenvalue weighted by atomic mass is 14.8. The van der Waals surface area contributed by atoms with E-state index in [9.17, 15) is 0 Å². The molecule has 14 heavy (non-hydrogen) atoms. The van der Waals surface area contributed by atoms with Crippen LogP contribution in [0.1, 0.15) is 37.7 Å². The second-order valence-electron chi connectivity index (χ2n) is 4.28. The van der Waals surface area contributed by atoms with Crippen molar-refractivity contribution in [2.75, 3.05) is 5.73 Å². The minimum absolute atomic E-state index is 0.647. The molecule has 2 heteroatoms. The van der Waals surface area contributed by atoms with E-state index in [4.69, 9.17) is 5.73 Å². The first-order valence-corrected chi connectivity index (χ1v) is 5.55. The van der Waals surface area contributed by atoms with E-state index in [0.717, 1.165) is 12.3 Å². The molecule has 0 aromatic carbocycles. The van der Waals surface area contributed by atoms with Gasteiger partial charge in [0.05, 0.1) is 0 Å². The predicted octanol–water partition coefficient (Wildman–Crippen LogP) is 2.79. The lowest BCUT2D eigenvalue weighted by Gasteiger charge is -2.08. The van der Waals surface area contributed by atoms with Crippen molar-refractivity contribution in [1.82, 2.24) is 4.98 Å². The van der Waals surface area contributed by atoms with Gasteiger partial charge in [0.15, 0.2) is 0 Å². The van der Waals surface area contributed by atoms with Crippen LogP contribution in [0.4, 0.5) is 5.82 Å². The molecule has 1 aliphatic carbocycles. The summed E-state index contributed by atoms with van der Waals surface area (Å²) < 4.78 is 0. The van der Waals surface area contributed by atoms with Crippen molar-refractivity contribution in [3.63, 3.8) is 0 Å². The lowest BCUT2D eigenvalue weighted by atomic mass is 9.99. The molecule has 1 aliphatic rings. The summed E-state index contributed by atoms with van der Waals surface area (Å²) in [5, 5.41) is 0. The van der Waals surface area contributed by atoms with Crippen LogP contribution in [0.5, 0.6) is 0 Å². The highest BCUT2D eigenvalue weighted by molar-refractivity contribution is 5.31. The Hall–Kier alpha value is -1.05. The van der Waals surface area contributed by atoms with E-state index in [1.807, 2.05) is 6.07 Å². The van der Waals surface area contributed by atoms with Gasteiger partial charge in [0.2, 0.25) is 0 Å². The molecule has 1 aromatic heterocycles. The number of hydrogen-bond donors (Lipinski definition) is 1. The summed E-state index contributed by atoms with van der Waals surface area (Å²) in [4.78, 5) is 4.00. The Kier molecular flexibility index (Phi) is 3.02. The summed E-state index contributed by atoms with van der Waals surface area (Å²) in [6, 6.07) is 4.07. The molecular formula is C12H18N2. The van der Waals surface area contributed by atoms with Crippen LogP contribution in [0, 0.1) is 5.92 Å². The Labute approximate surface area is 85.5 Å². The number of nitrogen functional groups attached to an aromatic ring is 1. The molecule has 0 unspecified atom stereocenters. The van der Waals surface area contributed by atoms with Gasteiger partial charge in [-0.3, -0.25) is 0 Å². The molecular weight excluding hydrogens is 172 g/mol. The summed E-state index contributed by atoms with van der Waals surface area (Å²) in [7, 11) is 0. The van der Waals surface area contributed by atoms with E-state index in [-0.39, 0.29) is 0 Å². The summed E-state index contributed by atoms with van der Waals surface area (Å²) in [6.45, 7) is 0. The lowest BCUT2D eigenvalue weighted by molar-refractivity contribution is 0.504. The van der Waals surface area contributed by atoms with E-state index >= 15 is 0 Å². The van der Waals surface area contributed by atoms with Crippen molar-refractivity contribution in [2.24, 2.45) is 5.92 Å². The molecule has 0 spiro atoms. The predicted molar refractivity (Wildman–Crippen MR) is 58.9 cm³/mol. The van der Waals surface area contributed by atoms with Crippen LogP contribution < -0.4 is 5.73 Å². The molecule has 0 aliphatic heterocycles. The first-order valence-electron chi connectivity index (χ1n) is 5.55. The molecule has 2 N–H and O–H groups in total. The summed E-state index contributed by atoms with van der Waals surface area (Å²) in [5.74, 6) is 1.61. The van der Waals surface area contributed by atoms with Gasteiger partial charge in [0.1, 0.15) is 5.82 Å². The SMILES string of the molecule is Nc1cc(CCC2CCCC2)ccn1. The molecule has 76 valence electrons. The fourth-order valence-corrected chi connectivity index (χ4v) is 2.32. The van der Waals surface area contributed by atoms with Crippen LogP contribution in [-0.2, 0) is 6.42 Å². The fourth-order valence-electron chi connectivity index (χ4n) is 2.32. The molecule has 1 aromatic rings. The number of aryl methyl sites for hydroxylation is 1. The maximum Gasteiger partial charge on any atom is 0.123 e. The third-order valence-electron chi connectivity index (χ3n) is 3.16. The van der Waals surface area contributed by atoms with E-state index in [2.05, 4.69) is 11.1 Å². The van der Waals surface area contributed by atoms with Crippen molar-refractivity contribution < 1.29 is 0 Å². The normalized spacial score (nSPS) is 17.4. The van der Waals surface area contributed by atoms with Gasteiger partial charge in [-0.1, -0.05) is 25.7 Å². The lowest BCUT2D eigenvalue weighted by Crippen LogP contribution is -1.97. The maximum atomic E-state index is 5.63. The molecule has 2 nitrogen and oxygen atoms in total. The van der Waals surface area contributed by atoms with Crippen molar-refractivity contribution >= 4 is 5.82 Å². The number of hydrogen-bond acceptors (Lipinski definition) is 2. The number of nitrogens with zero attached hydrogens (tertiary/aromatic N) is 1. The standard InChI is InChI=1S/C12H18N2/c13-12-9-11(7-8-14-12)6-5-10-3-1-2-4-10/h7-10H,1-6H2,(H2,13,14). The summed E-state index contributed by atoms with van der Waals surface area (Å²) >= 11 is 0. The van der Waals surface area contributed by atoms with Gasteiger partial charge in [-0.15, -0.1) is 0 Å². The van der Waals surface area contributed by atoms with E-state index < -0.39 is 0 Å². The van der Waals surface area contributed by atoms with Crippen molar-refractivity contribution in [3.8, 4) is 0 Å². The van der Waals surface area contributed by atoms with Crippen LogP contribution >= 0.6 is 0 Å². The highest BCUT2D eigenvalue weighted by Gasteiger charge is 2.14. The van der Waals surface area contributed by atoms with Gasteiger partial charge >= 0.3 is 0 Å². The number of aromatic nitrogens is 1. The third-order valence-corrected chi connectivity index (χ3v) is 3.16. The monoisotopic (exact) mass is 190 g/mol. The second-order valence-corrected chi connectivity index (χ2v) is 4.28. The average Bonchev–Trinajstić information content (AvgIpc) is 2.67. The molecule has 1 saturated carbocycles. The van der Waals surface area contributed by atoms with Crippen molar-refractivity contribution in [1.29, 1.82) is 0 Å². The molecule has 0 bridgehead atoms. The quantitative estimate of drug-likeness (QED) is 0.796. The highest BCUT2D eigenvalue weighted by Crippen LogP contribution is 2.28. The van der Waals surface area contributed by atoms with Crippen LogP contribution in [0.2, 0.25) is 0 Å². The smallest absolute Gasteiger partial charge is 0.123 e. The Morgan fingerprint density at radius 1 is 1.36 bits per heavy atom.